The average Bonchev–Trinajstić information content (AvgIpc) is 2.66. The Labute approximate surface area is 156 Å². The van der Waals surface area contributed by atoms with Crippen LogP contribution in [0.3, 0.4) is 0 Å². The monoisotopic (exact) mass is 355 g/mol. The zero-order chi connectivity index (χ0) is 19.1. The number of aryl methyl sites for hydroxylation is 2. The van der Waals surface area contributed by atoms with Gasteiger partial charge in [-0.25, -0.2) is 0 Å². The summed E-state index contributed by atoms with van der Waals surface area (Å²) in [4.78, 5) is 12.8. The zero-order valence-corrected chi connectivity index (χ0v) is 16.3. The van der Waals surface area contributed by atoms with Crippen LogP contribution in [-0.2, 0) is 4.79 Å². The van der Waals surface area contributed by atoms with E-state index in [4.69, 9.17) is 9.47 Å². The fourth-order valence-corrected chi connectivity index (χ4v) is 2.86. The largest absolute Gasteiger partial charge is 0.493 e. The predicted octanol–water partition coefficient (Wildman–Crippen LogP) is 4.74. The summed E-state index contributed by atoms with van der Waals surface area (Å²) in [5.74, 6) is 1.10. The van der Waals surface area contributed by atoms with Crippen LogP contribution < -0.4 is 14.8 Å². The molecule has 0 bridgehead atoms. The lowest BCUT2D eigenvalue weighted by Gasteiger charge is -2.23. The first kappa shape index (κ1) is 19.8. The highest BCUT2D eigenvalue weighted by atomic mass is 16.5. The van der Waals surface area contributed by atoms with Crippen molar-refractivity contribution < 1.29 is 14.3 Å². The molecule has 0 aliphatic heterocycles. The second kappa shape index (κ2) is 9.27. The number of carbonyl (C=O) groups excluding carboxylic acids is 1. The van der Waals surface area contributed by atoms with Crippen LogP contribution in [0.2, 0.25) is 0 Å². The number of carbonyl (C=O) groups is 1. The first-order valence-corrected chi connectivity index (χ1v) is 9.17. The van der Waals surface area contributed by atoms with Gasteiger partial charge in [-0.2, -0.15) is 0 Å². The molecule has 0 saturated heterocycles. The van der Waals surface area contributed by atoms with Crippen molar-refractivity contribution in [1.29, 1.82) is 0 Å². The fraction of sp³-hybridized carbons (Fsp3) is 0.409. The molecule has 2 atom stereocenters. The molecule has 1 N–H and O–H groups in total. The van der Waals surface area contributed by atoms with E-state index < -0.39 is 6.10 Å². The number of hydrogen-bond acceptors (Lipinski definition) is 3. The SMILES string of the molecule is CC[C@H](NC(=O)[C@@H](CC)Oc1ccccc1OC)c1ccc(C)c(C)c1. The second-order valence-electron chi connectivity index (χ2n) is 6.48. The first-order chi connectivity index (χ1) is 12.5. The summed E-state index contributed by atoms with van der Waals surface area (Å²) in [5.41, 5.74) is 3.60. The van der Waals surface area contributed by atoms with Crippen molar-refractivity contribution in [2.45, 2.75) is 52.7 Å². The maximum Gasteiger partial charge on any atom is 0.261 e. The van der Waals surface area contributed by atoms with E-state index in [1.54, 1.807) is 7.11 Å². The van der Waals surface area contributed by atoms with Crippen LogP contribution in [0.25, 0.3) is 0 Å². The Hall–Kier alpha value is -2.49. The molecule has 0 saturated carbocycles. The second-order valence-corrected chi connectivity index (χ2v) is 6.48. The molecular formula is C22H29NO3. The molecule has 0 aromatic heterocycles. The lowest BCUT2D eigenvalue weighted by atomic mass is 9.99. The van der Waals surface area contributed by atoms with E-state index in [1.807, 2.05) is 31.2 Å². The summed E-state index contributed by atoms with van der Waals surface area (Å²) >= 11 is 0. The summed E-state index contributed by atoms with van der Waals surface area (Å²) in [6, 6.07) is 13.7. The van der Waals surface area contributed by atoms with Gasteiger partial charge in [-0.15, -0.1) is 0 Å². The van der Waals surface area contributed by atoms with Gasteiger partial charge < -0.3 is 14.8 Å². The number of ether oxygens (including phenoxy) is 2. The molecule has 0 unspecified atom stereocenters. The van der Waals surface area contributed by atoms with Crippen LogP contribution in [0, 0.1) is 13.8 Å². The molecular weight excluding hydrogens is 326 g/mol. The van der Waals surface area contributed by atoms with E-state index >= 15 is 0 Å². The van der Waals surface area contributed by atoms with E-state index in [2.05, 4.69) is 44.3 Å². The molecule has 2 rings (SSSR count). The third-order valence-electron chi connectivity index (χ3n) is 4.66. The molecule has 4 heteroatoms. The lowest BCUT2D eigenvalue weighted by molar-refractivity contribution is -0.129. The maximum absolute atomic E-state index is 12.8. The highest BCUT2D eigenvalue weighted by molar-refractivity contribution is 5.81. The Morgan fingerprint density at radius 2 is 1.69 bits per heavy atom. The molecule has 1 amide bonds. The number of hydrogen-bond donors (Lipinski definition) is 1. The summed E-state index contributed by atoms with van der Waals surface area (Å²) < 4.78 is 11.2. The number of rotatable bonds is 8. The standard InChI is InChI=1S/C22H29NO3/c1-6-18(17-13-12-15(3)16(4)14-17)23-22(24)19(7-2)26-21-11-9-8-10-20(21)25-5/h8-14,18-19H,6-7H2,1-5H3,(H,23,24)/t18-,19+/m0/s1. The fourth-order valence-electron chi connectivity index (χ4n) is 2.86. The number of amides is 1. The molecule has 0 spiro atoms. The molecule has 0 aliphatic rings. The van der Waals surface area contributed by atoms with Gasteiger partial charge in [-0.05, 0) is 55.5 Å². The van der Waals surface area contributed by atoms with Crippen molar-refractivity contribution >= 4 is 5.91 Å². The first-order valence-electron chi connectivity index (χ1n) is 9.17. The molecule has 0 aliphatic carbocycles. The Balaban J connectivity index is 2.12. The number of methoxy groups -OCH3 is 1. The summed E-state index contributed by atoms with van der Waals surface area (Å²) in [5, 5.41) is 3.13. The normalized spacial score (nSPS) is 13.0. The van der Waals surface area contributed by atoms with Crippen LogP contribution in [0.5, 0.6) is 11.5 Å². The highest BCUT2D eigenvalue weighted by Gasteiger charge is 2.23. The van der Waals surface area contributed by atoms with E-state index in [9.17, 15) is 4.79 Å². The van der Waals surface area contributed by atoms with Crippen molar-refractivity contribution in [3.8, 4) is 11.5 Å². The average molecular weight is 355 g/mol. The van der Waals surface area contributed by atoms with Gasteiger partial charge in [0.25, 0.3) is 5.91 Å². The van der Waals surface area contributed by atoms with Gasteiger partial charge in [-0.1, -0.05) is 44.2 Å². The van der Waals surface area contributed by atoms with Crippen molar-refractivity contribution in [3.05, 3.63) is 59.2 Å². The minimum absolute atomic E-state index is 0.0304. The summed E-state index contributed by atoms with van der Waals surface area (Å²) in [6.07, 6.45) is 0.832. The van der Waals surface area contributed by atoms with E-state index in [-0.39, 0.29) is 11.9 Å². The molecule has 2 aromatic carbocycles. The molecule has 0 fully saturated rings. The highest BCUT2D eigenvalue weighted by Crippen LogP contribution is 2.28. The third-order valence-corrected chi connectivity index (χ3v) is 4.66. The smallest absolute Gasteiger partial charge is 0.261 e. The quantitative estimate of drug-likeness (QED) is 0.744. The van der Waals surface area contributed by atoms with Crippen molar-refractivity contribution in [3.63, 3.8) is 0 Å². The molecule has 4 nitrogen and oxygen atoms in total. The molecule has 26 heavy (non-hydrogen) atoms. The van der Waals surface area contributed by atoms with Gasteiger partial charge in [0.15, 0.2) is 17.6 Å². The third kappa shape index (κ3) is 4.78. The van der Waals surface area contributed by atoms with Gasteiger partial charge in [0.2, 0.25) is 0 Å². The van der Waals surface area contributed by atoms with Crippen LogP contribution in [0.1, 0.15) is 49.4 Å². The maximum atomic E-state index is 12.8. The molecule has 0 heterocycles. The molecule has 140 valence electrons. The molecule has 2 aromatic rings. The Kier molecular flexibility index (Phi) is 7.07. The van der Waals surface area contributed by atoms with Crippen LogP contribution in [0.15, 0.2) is 42.5 Å². The van der Waals surface area contributed by atoms with Gasteiger partial charge in [0.1, 0.15) is 0 Å². The van der Waals surface area contributed by atoms with Gasteiger partial charge in [0.05, 0.1) is 13.2 Å². The topological polar surface area (TPSA) is 47.6 Å². The molecule has 0 radical (unpaired) electrons. The number of para-hydroxylation sites is 2. The Morgan fingerprint density at radius 3 is 2.27 bits per heavy atom. The van der Waals surface area contributed by atoms with Crippen LogP contribution in [-0.4, -0.2) is 19.1 Å². The van der Waals surface area contributed by atoms with Gasteiger partial charge in [-0.3, -0.25) is 4.79 Å². The van der Waals surface area contributed by atoms with Gasteiger partial charge >= 0.3 is 0 Å². The van der Waals surface area contributed by atoms with Crippen LogP contribution in [0.4, 0.5) is 0 Å². The van der Waals surface area contributed by atoms with Gasteiger partial charge in [0, 0.05) is 0 Å². The number of nitrogens with one attached hydrogen (secondary N) is 1. The van der Waals surface area contributed by atoms with Crippen molar-refractivity contribution in [2.75, 3.05) is 7.11 Å². The van der Waals surface area contributed by atoms with E-state index in [0.29, 0.717) is 17.9 Å². The van der Waals surface area contributed by atoms with Crippen molar-refractivity contribution in [1.82, 2.24) is 5.32 Å². The van der Waals surface area contributed by atoms with Crippen molar-refractivity contribution in [2.24, 2.45) is 0 Å². The number of benzene rings is 2. The zero-order valence-electron chi connectivity index (χ0n) is 16.3. The van der Waals surface area contributed by atoms with E-state index in [1.165, 1.54) is 11.1 Å². The summed E-state index contributed by atoms with van der Waals surface area (Å²) in [6.45, 7) is 8.19. The van der Waals surface area contributed by atoms with Crippen LogP contribution >= 0.6 is 0 Å². The Bertz CT molecular complexity index is 742. The predicted molar refractivity (Wildman–Crippen MR) is 105 cm³/mol. The van der Waals surface area contributed by atoms with E-state index in [0.717, 1.165) is 12.0 Å². The summed E-state index contributed by atoms with van der Waals surface area (Å²) in [7, 11) is 1.59. The lowest BCUT2D eigenvalue weighted by Crippen LogP contribution is -2.40. The minimum Gasteiger partial charge on any atom is -0.493 e. The Morgan fingerprint density at radius 1 is 1.00 bits per heavy atom. The minimum atomic E-state index is -0.563.